The van der Waals surface area contributed by atoms with Gasteiger partial charge in [-0.3, -0.25) is 43.2 Å². The number of carbonyl (C=O) groups excluding carboxylic acids is 5. The van der Waals surface area contributed by atoms with E-state index in [-0.39, 0.29) is 66.5 Å². The molecule has 0 spiro atoms. The molecule has 16 N–H and O–H groups in total. The van der Waals surface area contributed by atoms with Gasteiger partial charge in [-0.1, -0.05) is 0 Å². The topological polar surface area (TPSA) is 438 Å². The van der Waals surface area contributed by atoms with Gasteiger partial charge >= 0.3 is 23.9 Å². The predicted octanol–water partition coefficient (Wildman–Crippen LogP) is -3.22. The molecule has 0 radical (unpaired) electrons. The summed E-state index contributed by atoms with van der Waals surface area (Å²) in [6, 6.07) is -5.52. The van der Waals surface area contributed by atoms with Crippen molar-refractivity contribution < 1.29 is 63.6 Å². The molecular weight excluding hydrogens is 837 g/mol. The van der Waals surface area contributed by atoms with E-state index in [0.717, 1.165) is 29.9 Å². The Hall–Kier alpha value is -6.19. The second-order valence-electron chi connectivity index (χ2n) is 12.8. The van der Waals surface area contributed by atoms with Crippen molar-refractivity contribution in [2.75, 3.05) is 36.1 Å². The Bertz CT molecular complexity index is 1860. The van der Waals surface area contributed by atoms with Crippen LogP contribution < -0.4 is 44.2 Å². The number of carboxylic acids is 4. The van der Waals surface area contributed by atoms with Crippen LogP contribution in [0.3, 0.4) is 0 Å². The fourth-order valence-electron chi connectivity index (χ4n) is 4.80. The van der Waals surface area contributed by atoms with Gasteiger partial charge in [0.25, 0.3) is 0 Å². The molecule has 0 saturated heterocycles. The summed E-state index contributed by atoms with van der Waals surface area (Å²) in [7, 11) is 0. The zero-order chi connectivity index (χ0) is 44.9. The molecule has 60 heavy (non-hydrogen) atoms. The van der Waals surface area contributed by atoms with Crippen molar-refractivity contribution in [2.24, 2.45) is 11.5 Å². The lowest BCUT2D eigenvalue weighted by Crippen LogP contribution is -2.49. The molecule has 2 aromatic heterocycles. The van der Waals surface area contributed by atoms with E-state index in [9.17, 15) is 43.2 Å². The summed E-state index contributed by atoms with van der Waals surface area (Å²) in [6.07, 6.45) is 2.99. The molecule has 0 saturated carbocycles. The molecule has 25 nitrogen and oxygen atoms in total. The van der Waals surface area contributed by atoms with Gasteiger partial charge in [0.05, 0.1) is 46.2 Å². The first kappa shape index (κ1) is 50.0. The first-order chi connectivity index (χ1) is 28.3. The number of aromatic nitrogens is 4. The van der Waals surface area contributed by atoms with E-state index in [1.807, 2.05) is 0 Å². The van der Waals surface area contributed by atoms with E-state index in [1.54, 1.807) is 0 Å². The number of carboxylic acid groups (broad SMARTS) is 4. The zero-order valence-corrected chi connectivity index (χ0v) is 33.4. The number of nitrogens with one attached hydrogen (secondary N) is 4. The molecule has 4 amide bonds. The number of rotatable bonds is 28. The lowest BCUT2D eigenvalue weighted by Gasteiger charge is -2.23. The summed E-state index contributed by atoms with van der Waals surface area (Å²) in [5.41, 5.74) is 23.3. The monoisotopic (exact) mass is 882 g/mol. The molecule has 0 aromatic carbocycles. The van der Waals surface area contributed by atoms with Gasteiger partial charge in [0, 0.05) is 37.2 Å². The second kappa shape index (κ2) is 25.3. The normalized spacial score (nSPS) is 13.9. The average Bonchev–Trinajstić information content (AvgIpc) is 3.19. The fraction of sp³-hybridized carbons (Fsp3) is 0.485. The first-order valence-electron chi connectivity index (χ1n) is 17.7. The van der Waals surface area contributed by atoms with Crippen molar-refractivity contribution in [1.82, 2.24) is 41.2 Å². The van der Waals surface area contributed by atoms with Gasteiger partial charge in [-0.2, -0.15) is 0 Å². The van der Waals surface area contributed by atoms with Gasteiger partial charge in [-0.05, 0) is 12.8 Å². The Morgan fingerprint density at radius 3 is 1.53 bits per heavy atom. The third kappa shape index (κ3) is 18.6. The van der Waals surface area contributed by atoms with Crippen LogP contribution in [0.25, 0.3) is 0 Å². The zero-order valence-electron chi connectivity index (χ0n) is 31.7. The Morgan fingerprint density at radius 2 is 1.10 bits per heavy atom. The molecule has 2 aromatic rings. The van der Waals surface area contributed by atoms with Crippen LogP contribution in [0.2, 0.25) is 0 Å². The second-order valence-corrected chi connectivity index (χ2v) is 15.2. The molecule has 2 heterocycles. The number of thioether (sulfide) groups is 2. The maximum absolute atomic E-state index is 13.9. The van der Waals surface area contributed by atoms with Gasteiger partial charge < -0.3 is 64.6 Å². The summed E-state index contributed by atoms with van der Waals surface area (Å²) in [6.45, 7) is -1.59. The molecular formula is C33H46N12O13S2. The number of amides is 4. The Labute approximate surface area is 349 Å². The molecule has 6 unspecified atom stereocenters. The molecule has 0 aliphatic heterocycles. The number of nitrogens with two attached hydrogens (primary N) is 4. The van der Waals surface area contributed by atoms with Crippen LogP contribution in [0.4, 0.5) is 11.4 Å². The number of Topliss-reactive ketones (excluding diaryl/α,β-unsaturated/α-hetero) is 1. The molecule has 27 heteroatoms. The quantitative estimate of drug-likeness (QED) is 0.0400. The number of anilines is 2. The number of hydrogen-bond acceptors (Lipinski definition) is 19. The smallest absolute Gasteiger partial charge is 0.322 e. The number of aliphatic carboxylic acids is 4. The highest BCUT2D eigenvalue weighted by atomic mass is 32.2. The SMILES string of the molecule is Nc1cnc(C(CC(=O)CC(SCC(NC(=O)CCC(N)C(=O)O)C(=O)NCC(=O)O)c2ncncc2N)SCC(NC(=O)CCC(N)C(=O)O)C(=O)NCC(=O)O)nc1. The maximum Gasteiger partial charge on any atom is 0.322 e. The molecule has 0 bridgehead atoms. The third-order valence-corrected chi connectivity index (χ3v) is 10.6. The van der Waals surface area contributed by atoms with Gasteiger partial charge in [-0.25, -0.2) is 19.9 Å². The Morgan fingerprint density at radius 1 is 0.650 bits per heavy atom. The minimum Gasteiger partial charge on any atom is -0.480 e. The number of nitrogen functional groups attached to an aromatic ring is 2. The number of ketones is 1. The van der Waals surface area contributed by atoms with Crippen LogP contribution in [-0.2, 0) is 43.2 Å². The molecule has 6 atom stereocenters. The number of nitrogens with zero attached hydrogens (tertiary/aromatic N) is 4. The summed E-state index contributed by atoms with van der Waals surface area (Å²) < 4.78 is 0. The van der Waals surface area contributed by atoms with E-state index in [1.165, 1.54) is 18.6 Å². The highest BCUT2D eigenvalue weighted by Crippen LogP contribution is 2.37. The van der Waals surface area contributed by atoms with Crippen molar-refractivity contribution in [3.05, 3.63) is 36.4 Å². The van der Waals surface area contributed by atoms with Crippen molar-refractivity contribution in [1.29, 1.82) is 0 Å². The van der Waals surface area contributed by atoms with Crippen molar-refractivity contribution in [3.8, 4) is 0 Å². The highest BCUT2D eigenvalue weighted by molar-refractivity contribution is 7.99. The van der Waals surface area contributed by atoms with E-state index >= 15 is 0 Å². The van der Waals surface area contributed by atoms with Crippen LogP contribution in [0.15, 0.2) is 24.9 Å². The van der Waals surface area contributed by atoms with Gasteiger partial charge in [0.1, 0.15) is 55.2 Å². The van der Waals surface area contributed by atoms with E-state index < -0.39 is 107 Å². The summed E-state index contributed by atoms with van der Waals surface area (Å²) in [5, 5.41) is 43.6. The van der Waals surface area contributed by atoms with Crippen LogP contribution >= 0.6 is 23.5 Å². The highest BCUT2D eigenvalue weighted by Gasteiger charge is 2.30. The van der Waals surface area contributed by atoms with Crippen LogP contribution in [0.1, 0.15) is 60.5 Å². The van der Waals surface area contributed by atoms with Crippen molar-refractivity contribution in [3.63, 3.8) is 0 Å². The lowest BCUT2D eigenvalue weighted by atomic mass is 10.1. The minimum absolute atomic E-state index is 0.0597. The molecule has 2 rings (SSSR count). The van der Waals surface area contributed by atoms with Crippen LogP contribution in [0.5, 0.6) is 0 Å². The number of carbonyl (C=O) groups is 9. The van der Waals surface area contributed by atoms with E-state index in [4.69, 9.17) is 43.4 Å². The summed E-state index contributed by atoms with van der Waals surface area (Å²) >= 11 is 1.89. The van der Waals surface area contributed by atoms with Gasteiger partial charge in [0.2, 0.25) is 23.6 Å². The van der Waals surface area contributed by atoms with Gasteiger partial charge in [0.15, 0.2) is 0 Å². The van der Waals surface area contributed by atoms with Gasteiger partial charge in [-0.15, -0.1) is 23.5 Å². The Balaban J connectivity index is 2.37. The van der Waals surface area contributed by atoms with Crippen molar-refractivity contribution in [2.45, 2.75) is 73.2 Å². The molecule has 0 aliphatic rings. The third-order valence-electron chi connectivity index (χ3n) is 7.94. The van der Waals surface area contributed by atoms with Crippen molar-refractivity contribution >= 4 is 88.2 Å². The number of hydrogen-bond donors (Lipinski definition) is 12. The van der Waals surface area contributed by atoms with Crippen LogP contribution in [0, 0.1) is 0 Å². The molecule has 0 aliphatic carbocycles. The minimum atomic E-state index is -1.39. The lowest BCUT2D eigenvalue weighted by molar-refractivity contribution is -0.140. The fourth-order valence-corrected chi connectivity index (χ4v) is 7.36. The van der Waals surface area contributed by atoms with E-state index in [0.29, 0.717) is 0 Å². The van der Waals surface area contributed by atoms with E-state index in [2.05, 4.69) is 41.2 Å². The Kier molecular flexibility index (Phi) is 21.1. The molecule has 328 valence electrons. The standard InChI is InChI=1S/C33H46N12O13S2/c34-15-7-39-29(40-8-15)23(60-13-21(31(54)42-11-27(51)52)45-25(48)4-2-18(36)33(57)58)6-16(46)5-22(28-19(37)9-38-14-43-28)59-12-20(30(53)41-10-26(49)50)44-24(47)3-1-17(35)32(55)56/h7-9,14,17-18,20-23H,1-6,10-13,34-37H2,(H,41,53)(H,42,54)(H,44,47)(H,45,48)(H,49,50)(H,51,52)(H,55,56)(H,57,58). The van der Waals surface area contributed by atoms with Crippen LogP contribution in [-0.4, -0.2) is 142 Å². The first-order valence-corrected chi connectivity index (χ1v) is 19.8. The average molecular weight is 883 g/mol. The maximum atomic E-state index is 13.9. The predicted molar refractivity (Wildman–Crippen MR) is 212 cm³/mol. The summed E-state index contributed by atoms with van der Waals surface area (Å²) in [5.74, 6) is -9.73. The largest absolute Gasteiger partial charge is 0.480 e. The molecule has 0 fully saturated rings. The summed E-state index contributed by atoms with van der Waals surface area (Å²) in [4.78, 5) is 126.